The SMILES string of the molecule is C1=CC2C=C(c3ccc4c(c3)NC(c3ccccc3)C(C3=CCCC=C3)N4)C=C(N3c4ccc5ccccc5c4C4=c5ccccc5=CCC43)C2C=C1. The Kier molecular flexibility index (Phi) is 7.08. The van der Waals surface area contributed by atoms with Crippen LogP contribution in [0.5, 0.6) is 0 Å². The van der Waals surface area contributed by atoms with Crippen LogP contribution in [0.4, 0.5) is 17.1 Å². The zero-order valence-corrected chi connectivity index (χ0v) is 29.6. The lowest BCUT2D eigenvalue weighted by Crippen LogP contribution is -2.42. The van der Waals surface area contributed by atoms with Crippen molar-refractivity contribution < 1.29 is 0 Å². The van der Waals surface area contributed by atoms with Gasteiger partial charge >= 0.3 is 0 Å². The molecule has 4 aliphatic carbocycles. The maximum Gasteiger partial charge on any atom is 0.0757 e. The van der Waals surface area contributed by atoms with Crippen LogP contribution in [0.2, 0.25) is 0 Å². The van der Waals surface area contributed by atoms with Crippen LogP contribution < -0.4 is 26.0 Å². The van der Waals surface area contributed by atoms with E-state index >= 15 is 0 Å². The summed E-state index contributed by atoms with van der Waals surface area (Å²) < 4.78 is 0. The monoisotopic (exact) mass is 683 g/mol. The maximum atomic E-state index is 4.01. The van der Waals surface area contributed by atoms with Crippen molar-refractivity contribution in [2.45, 2.75) is 37.4 Å². The molecular weight excluding hydrogens is 643 g/mol. The molecule has 0 spiro atoms. The number of allylic oxidation sites excluding steroid dienone is 9. The molecule has 3 nitrogen and oxygen atoms in total. The highest BCUT2D eigenvalue weighted by molar-refractivity contribution is 6.05. The van der Waals surface area contributed by atoms with Crippen LogP contribution in [0.15, 0.2) is 175 Å². The molecule has 53 heavy (non-hydrogen) atoms. The molecule has 6 aliphatic rings. The number of nitrogens with one attached hydrogen (secondary N) is 2. The summed E-state index contributed by atoms with van der Waals surface area (Å²) in [6.07, 6.45) is 26.9. The number of anilines is 3. The van der Waals surface area contributed by atoms with Gasteiger partial charge in [-0.25, -0.2) is 0 Å². The molecule has 5 unspecified atom stereocenters. The smallest absolute Gasteiger partial charge is 0.0757 e. The lowest BCUT2D eigenvalue weighted by Gasteiger charge is -2.39. The standard InChI is InChI=1S/C50H41N3/c1-3-15-34(16-4-1)49-50(35-17-5-2-6-18-35)52-43-30-36(23-26-42(43)51-49)38-29-37-19-9-10-20-39(37)46(31-38)53-44-27-24-32-13-7-11-21-40(32)47(44)48-41-22-12-8-14-33(41)25-28-45(48)53/h2-3,5-27,29-31,37,39,45,49-52H,1,4,28H2. The number of hydrogen-bond acceptors (Lipinski definition) is 3. The number of benzene rings is 5. The summed E-state index contributed by atoms with van der Waals surface area (Å²) in [6.45, 7) is 0. The van der Waals surface area contributed by atoms with Crippen LogP contribution in [-0.4, -0.2) is 12.1 Å². The minimum Gasteiger partial charge on any atom is -0.374 e. The highest BCUT2D eigenvalue weighted by Gasteiger charge is 2.42. The molecule has 5 atom stereocenters. The highest BCUT2D eigenvalue weighted by atomic mass is 15.2. The Balaban J connectivity index is 1.04. The second-order valence-electron chi connectivity index (χ2n) is 15.2. The van der Waals surface area contributed by atoms with E-state index < -0.39 is 0 Å². The minimum atomic E-state index is 0.116. The molecular formula is C50H41N3. The summed E-state index contributed by atoms with van der Waals surface area (Å²) in [5, 5.41) is 13.3. The van der Waals surface area contributed by atoms with Gasteiger partial charge in [0.05, 0.1) is 29.5 Å². The Hall–Kier alpha value is -6.06. The number of hydrogen-bond donors (Lipinski definition) is 2. The summed E-state index contributed by atoms with van der Waals surface area (Å²) in [7, 11) is 0. The molecule has 5 aromatic carbocycles. The van der Waals surface area contributed by atoms with E-state index in [9.17, 15) is 0 Å². The number of fused-ring (bicyclic) bond motifs is 8. The van der Waals surface area contributed by atoms with Gasteiger partial charge < -0.3 is 15.5 Å². The molecule has 0 bridgehead atoms. The van der Waals surface area contributed by atoms with Crippen molar-refractivity contribution in [2.24, 2.45) is 11.8 Å². The van der Waals surface area contributed by atoms with Gasteiger partial charge in [0.2, 0.25) is 0 Å². The van der Waals surface area contributed by atoms with E-state index in [0.29, 0.717) is 0 Å². The lowest BCUT2D eigenvalue weighted by molar-refractivity contribution is 0.589. The van der Waals surface area contributed by atoms with Gasteiger partial charge in [0.15, 0.2) is 0 Å². The fraction of sp³-hybridized carbons (Fsp3) is 0.160. The molecule has 0 saturated carbocycles. The quantitative estimate of drug-likeness (QED) is 0.198. The fourth-order valence-corrected chi connectivity index (χ4v) is 9.77. The van der Waals surface area contributed by atoms with Gasteiger partial charge in [-0.05, 0) is 92.6 Å². The zero-order chi connectivity index (χ0) is 34.9. The molecule has 0 saturated heterocycles. The molecule has 5 aromatic rings. The first-order chi connectivity index (χ1) is 26.3. The van der Waals surface area contributed by atoms with E-state index in [0.717, 1.165) is 30.6 Å². The zero-order valence-electron chi connectivity index (χ0n) is 29.6. The van der Waals surface area contributed by atoms with Gasteiger partial charge in [0.1, 0.15) is 0 Å². The predicted octanol–water partition coefficient (Wildman–Crippen LogP) is 9.97. The molecule has 11 rings (SSSR count). The van der Waals surface area contributed by atoms with Crippen LogP contribution >= 0.6 is 0 Å². The molecule has 0 amide bonds. The Bertz CT molecular complexity index is 2630. The molecule has 2 N–H and O–H groups in total. The van der Waals surface area contributed by atoms with E-state index in [2.05, 4.69) is 185 Å². The minimum absolute atomic E-state index is 0.116. The van der Waals surface area contributed by atoms with Crippen molar-refractivity contribution in [1.29, 1.82) is 0 Å². The van der Waals surface area contributed by atoms with Crippen molar-refractivity contribution in [2.75, 3.05) is 15.5 Å². The summed E-state index contributed by atoms with van der Waals surface area (Å²) in [5.41, 5.74) is 13.0. The van der Waals surface area contributed by atoms with Gasteiger partial charge in [-0.2, -0.15) is 0 Å². The topological polar surface area (TPSA) is 27.3 Å². The first kappa shape index (κ1) is 30.6. The van der Waals surface area contributed by atoms with E-state index in [4.69, 9.17) is 0 Å². The molecule has 0 fully saturated rings. The Morgan fingerprint density at radius 2 is 1.55 bits per heavy atom. The summed E-state index contributed by atoms with van der Waals surface area (Å²) >= 11 is 0. The molecule has 2 aliphatic heterocycles. The number of nitrogens with zero attached hydrogens (tertiary/aromatic N) is 1. The average Bonchev–Trinajstić information content (AvgIpc) is 3.58. The van der Waals surface area contributed by atoms with Crippen LogP contribution in [0.25, 0.3) is 28.0 Å². The Morgan fingerprint density at radius 3 is 2.47 bits per heavy atom. The number of rotatable bonds is 4. The first-order valence-corrected chi connectivity index (χ1v) is 19.3. The van der Waals surface area contributed by atoms with Gasteiger partial charge in [-0.3, -0.25) is 0 Å². The molecule has 2 heterocycles. The van der Waals surface area contributed by atoms with E-state index in [1.54, 1.807) is 0 Å². The molecule has 256 valence electrons. The fourth-order valence-electron chi connectivity index (χ4n) is 9.77. The second kappa shape index (κ2) is 12.3. The van der Waals surface area contributed by atoms with Crippen LogP contribution in [0.3, 0.4) is 0 Å². The molecule has 0 aromatic heterocycles. The van der Waals surface area contributed by atoms with Gasteiger partial charge in [0.25, 0.3) is 0 Å². The van der Waals surface area contributed by atoms with Crippen molar-refractivity contribution in [1.82, 2.24) is 0 Å². The van der Waals surface area contributed by atoms with Gasteiger partial charge in [0, 0.05) is 28.8 Å². The lowest BCUT2D eigenvalue weighted by atomic mass is 9.78. The van der Waals surface area contributed by atoms with Crippen LogP contribution in [0.1, 0.15) is 42.0 Å². The highest BCUT2D eigenvalue weighted by Crippen LogP contribution is 2.51. The van der Waals surface area contributed by atoms with Crippen molar-refractivity contribution in [3.8, 4) is 0 Å². The van der Waals surface area contributed by atoms with E-state index in [1.165, 1.54) is 66.0 Å². The summed E-state index contributed by atoms with van der Waals surface area (Å²) in [6, 6.07) is 41.0. The van der Waals surface area contributed by atoms with Gasteiger partial charge in [-0.15, -0.1) is 0 Å². The molecule has 3 heteroatoms. The van der Waals surface area contributed by atoms with Crippen molar-refractivity contribution >= 4 is 45.1 Å². The van der Waals surface area contributed by atoms with Crippen LogP contribution in [-0.2, 0) is 0 Å². The van der Waals surface area contributed by atoms with E-state index in [1.807, 2.05) is 0 Å². The van der Waals surface area contributed by atoms with Crippen LogP contribution in [0, 0.1) is 11.8 Å². The maximum absolute atomic E-state index is 4.01. The van der Waals surface area contributed by atoms with E-state index in [-0.39, 0.29) is 30.0 Å². The second-order valence-corrected chi connectivity index (χ2v) is 15.2. The first-order valence-electron chi connectivity index (χ1n) is 19.3. The normalized spacial score (nSPS) is 24.7. The van der Waals surface area contributed by atoms with Crippen molar-refractivity contribution in [3.05, 3.63) is 202 Å². The summed E-state index contributed by atoms with van der Waals surface area (Å²) in [4.78, 5) is 2.71. The van der Waals surface area contributed by atoms with Gasteiger partial charge in [-0.1, -0.05) is 146 Å². The largest absolute Gasteiger partial charge is 0.374 e. The molecule has 0 radical (unpaired) electrons. The third kappa shape index (κ3) is 4.94. The summed E-state index contributed by atoms with van der Waals surface area (Å²) in [5.74, 6) is 0.536. The Morgan fingerprint density at radius 1 is 0.698 bits per heavy atom. The van der Waals surface area contributed by atoms with Crippen molar-refractivity contribution in [3.63, 3.8) is 0 Å². The third-order valence-corrected chi connectivity index (χ3v) is 12.2. The third-order valence-electron chi connectivity index (χ3n) is 12.2. The Labute approximate surface area is 311 Å². The predicted molar refractivity (Wildman–Crippen MR) is 222 cm³/mol. The average molecular weight is 684 g/mol.